The molecule has 0 aliphatic carbocycles. The third kappa shape index (κ3) is 2.54. The van der Waals surface area contributed by atoms with Crippen molar-refractivity contribution in [3.8, 4) is 0 Å². The number of para-hydroxylation sites is 1. The summed E-state index contributed by atoms with van der Waals surface area (Å²) in [6.45, 7) is 2.38. The van der Waals surface area contributed by atoms with Crippen molar-refractivity contribution < 1.29 is 14.0 Å². The minimum Gasteiger partial charge on any atom is -0.469 e. The van der Waals surface area contributed by atoms with Gasteiger partial charge in [0.25, 0.3) is 5.91 Å². The highest BCUT2D eigenvalue weighted by atomic mass is 16.3. The van der Waals surface area contributed by atoms with Crippen LogP contribution in [0.25, 0.3) is 0 Å². The quantitative estimate of drug-likeness (QED) is 0.921. The van der Waals surface area contributed by atoms with Crippen molar-refractivity contribution in [1.29, 1.82) is 0 Å². The number of amides is 2. The Bertz CT molecular complexity index is 690. The lowest BCUT2D eigenvalue weighted by Crippen LogP contribution is -2.35. The number of carbonyl (C=O) groups excluding carboxylic acids is 2. The Morgan fingerprint density at radius 1 is 1.29 bits per heavy atom. The maximum atomic E-state index is 12.6. The van der Waals surface area contributed by atoms with E-state index in [4.69, 9.17) is 4.42 Å². The van der Waals surface area contributed by atoms with E-state index in [2.05, 4.69) is 5.32 Å². The molecule has 0 radical (unpaired) electrons. The topological polar surface area (TPSA) is 62.6 Å². The number of furan rings is 1. The molecule has 0 saturated carbocycles. The molecule has 1 N–H and O–H groups in total. The summed E-state index contributed by atoms with van der Waals surface area (Å²) in [5.41, 5.74) is 2.23. The summed E-state index contributed by atoms with van der Waals surface area (Å²) in [5, 5.41) is 2.82. The molecule has 2 amide bonds. The van der Waals surface area contributed by atoms with E-state index in [1.165, 1.54) is 6.26 Å². The standard InChI is InChI=1S/C16H16N2O3/c1-2-14-12(7-8-21-14)16(20)18-9-11-5-3-4-6-13(11)17-15(19)10-18/h3-8H,2,9-10H2,1H3,(H,17,19). The Labute approximate surface area is 122 Å². The number of benzene rings is 1. The fraction of sp³-hybridized carbons (Fsp3) is 0.250. The number of aryl methyl sites for hydroxylation is 1. The first kappa shape index (κ1) is 13.4. The molecule has 21 heavy (non-hydrogen) atoms. The van der Waals surface area contributed by atoms with Gasteiger partial charge in [0.05, 0.1) is 11.8 Å². The van der Waals surface area contributed by atoms with Gasteiger partial charge in [-0.3, -0.25) is 9.59 Å². The molecule has 1 aliphatic rings. The molecule has 0 atom stereocenters. The number of hydrogen-bond acceptors (Lipinski definition) is 3. The average molecular weight is 284 g/mol. The van der Waals surface area contributed by atoms with E-state index < -0.39 is 0 Å². The van der Waals surface area contributed by atoms with Crippen LogP contribution >= 0.6 is 0 Å². The van der Waals surface area contributed by atoms with Crippen molar-refractivity contribution >= 4 is 17.5 Å². The third-order valence-electron chi connectivity index (χ3n) is 3.57. The maximum absolute atomic E-state index is 12.6. The Morgan fingerprint density at radius 3 is 2.90 bits per heavy atom. The number of hydrogen-bond donors (Lipinski definition) is 1. The molecule has 1 aromatic heterocycles. The van der Waals surface area contributed by atoms with Gasteiger partial charge in [0.15, 0.2) is 0 Å². The van der Waals surface area contributed by atoms with Crippen LogP contribution in [-0.4, -0.2) is 23.3 Å². The predicted octanol–water partition coefficient (Wildman–Crippen LogP) is 2.44. The second kappa shape index (κ2) is 5.44. The van der Waals surface area contributed by atoms with Crippen LogP contribution in [-0.2, 0) is 17.8 Å². The zero-order chi connectivity index (χ0) is 14.8. The lowest BCUT2D eigenvalue weighted by molar-refractivity contribution is -0.116. The van der Waals surface area contributed by atoms with Crippen LogP contribution in [0.4, 0.5) is 5.69 Å². The summed E-state index contributed by atoms with van der Waals surface area (Å²) in [7, 11) is 0. The number of carbonyl (C=O) groups is 2. The summed E-state index contributed by atoms with van der Waals surface area (Å²) < 4.78 is 5.31. The Morgan fingerprint density at radius 2 is 2.10 bits per heavy atom. The molecule has 0 fully saturated rings. The van der Waals surface area contributed by atoms with E-state index in [-0.39, 0.29) is 18.4 Å². The summed E-state index contributed by atoms with van der Waals surface area (Å²) in [6, 6.07) is 9.18. The number of anilines is 1. The van der Waals surface area contributed by atoms with Gasteiger partial charge in [-0.25, -0.2) is 0 Å². The van der Waals surface area contributed by atoms with Gasteiger partial charge in [0.1, 0.15) is 12.3 Å². The molecule has 5 heteroatoms. The van der Waals surface area contributed by atoms with E-state index in [0.29, 0.717) is 24.3 Å². The smallest absolute Gasteiger partial charge is 0.258 e. The first-order valence-electron chi connectivity index (χ1n) is 6.92. The second-order valence-corrected chi connectivity index (χ2v) is 4.98. The van der Waals surface area contributed by atoms with E-state index in [1.807, 2.05) is 31.2 Å². The van der Waals surface area contributed by atoms with Crippen molar-refractivity contribution in [3.63, 3.8) is 0 Å². The van der Waals surface area contributed by atoms with Gasteiger partial charge in [0.2, 0.25) is 5.91 Å². The minimum atomic E-state index is -0.185. The van der Waals surface area contributed by atoms with Gasteiger partial charge < -0.3 is 14.6 Å². The molecule has 108 valence electrons. The summed E-state index contributed by atoms with van der Waals surface area (Å²) in [4.78, 5) is 26.1. The van der Waals surface area contributed by atoms with Crippen LogP contribution in [0, 0.1) is 0 Å². The summed E-state index contributed by atoms with van der Waals surface area (Å²) >= 11 is 0. The van der Waals surface area contributed by atoms with Crippen molar-refractivity contribution in [2.45, 2.75) is 19.9 Å². The molecule has 1 aliphatic heterocycles. The SMILES string of the molecule is CCc1occc1C(=O)N1CC(=O)Nc2ccccc2C1. The normalized spacial score (nSPS) is 14.3. The van der Waals surface area contributed by atoms with Crippen molar-refractivity contribution in [1.82, 2.24) is 4.90 Å². The monoisotopic (exact) mass is 284 g/mol. The highest BCUT2D eigenvalue weighted by Gasteiger charge is 2.26. The Balaban J connectivity index is 1.92. The molecule has 3 rings (SSSR count). The lowest BCUT2D eigenvalue weighted by Gasteiger charge is -2.19. The van der Waals surface area contributed by atoms with Crippen LogP contribution in [0.15, 0.2) is 41.0 Å². The molecule has 0 unspecified atom stereocenters. The van der Waals surface area contributed by atoms with Gasteiger partial charge in [-0.2, -0.15) is 0 Å². The van der Waals surface area contributed by atoms with Gasteiger partial charge in [0, 0.05) is 18.7 Å². The van der Waals surface area contributed by atoms with Crippen molar-refractivity contribution in [3.05, 3.63) is 53.5 Å². The van der Waals surface area contributed by atoms with Crippen LogP contribution in [0.5, 0.6) is 0 Å². The fourth-order valence-corrected chi connectivity index (χ4v) is 2.52. The van der Waals surface area contributed by atoms with Crippen molar-refractivity contribution in [2.75, 3.05) is 11.9 Å². The summed E-state index contributed by atoms with van der Waals surface area (Å²) in [5.74, 6) is 0.292. The first-order chi connectivity index (χ1) is 10.2. The average Bonchev–Trinajstić information content (AvgIpc) is 2.89. The lowest BCUT2D eigenvalue weighted by atomic mass is 10.1. The van der Waals surface area contributed by atoms with E-state index in [0.717, 1.165) is 11.3 Å². The van der Waals surface area contributed by atoms with Crippen LogP contribution in [0.2, 0.25) is 0 Å². The molecule has 2 aromatic rings. The molecule has 5 nitrogen and oxygen atoms in total. The van der Waals surface area contributed by atoms with Gasteiger partial charge in [-0.1, -0.05) is 25.1 Å². The van der Waals surface area contributed by atoms with E-state index in [9.17, 15) is 9.59 Å². The van der Waals surface area contributed by atoms with E-state index in [1.54, 1.807) is 11.0 Å². The zero-order valence-electron chi connectivity index (χ0n) is 11.8. The molecule has 1 aromatic carbocycles. The number of nitrogens with zero attached hydrogens (tertiary/aromatic N) is 1. The highest BCUT2D eigenvalue weighted by molar-refractivity contribution is 6.01. The van der Waals surface area contributed by atoms with Crippen LogP contribution in [0.1, 0.15) is 28.6 Å². The molecular formula is C16H16N2O3. The Hall–Kier alpha value is -2.56. The fourth-order valence-electron chi connectivity index (χ4n) is 2.52. The van der Waals surface area contributed by atoms with Crippen molar-refractivity contribution in [2.24, 2.45) is 0 Å². The number of nitrogens with one attached hydrogen (secondary N) is 1. The zero-order valence-corrected chi connectivity index (χ0v) is 11.8. The number of rotatable bonds is 2. The summed E-state index contributed by atoms with van der Waals surface area (Å²) in [6.07, 6.45) is 2.16. The maximum Gasteiger partial charge on any atom is 0.258 e. The molecular weight excluding hydrogens is 268 g/mol. The largest absolute Gasteiger partial charge is 0.469 e. The number of fused-ring (bicyclic) bond motifs is 1. The van der Waals surface area contributed by atoms with E-state index >= 15 is 0 Å². The molecule has 0 saturated heterocycles. The first-order valence-corrected chi connectivity index (χ1v) is 6.92. The second-order valence-electron chi connectivity index (χ2n) is 4.98. The highest BCUT2D eigenvalue weighted by Crippen LogP contribution is 2.22. The van der Waals surface area contributed by atoms with Crippen LogP contribution in [0.3, 0.4) is 0 Å². The predicted molar refractivity (Wildman–Crippen MR) is 77.9 cm³/mol. The molecule has 0 spiro atoms. The van der Waals surface area contributed by atoms with Gasteiger partial charge in [-0.15, -0.1) is 0 Å². The third-order valence-corrected chi connectivity index (χ3v) is 3.57. The van der Waals surface area contributed by atoms with Gasteiger partial charge >= 0.3 is 0 Å². The van der Waals surface area contributed by atoms with Crippen LogP contribution < -0.4 is 5.32 Å². The van der Waals surface area contributed by atoms with Gasteiger partial charge in [-0.05, 0) is 17.7 Å². The molecule has 2 heterocycles. The minimum absolute atomic E-state index is 0.0435. The molecule has 0 bridgehead atoms. The Kier molecular flexibility index (Phi) is 3.48.